The number of rotatable bonds is 3. The van der Waals surface area contributed by atoms with Gasteiger partial charge in [-0.25, -0.2) is 0 Å². The molecular weight excluding hydrogens is 210 g/mol. The van der Waals surface area contributed by atoms with E-state index < -0.39 is 0 Å². The van der Waals surface area contributed by atoms with Gasteiger partial charge in [-0.2, -0.15) is 0 Å². The Morgan fingerprint density at radius 2 is 1.65 bits per heavy atom. The molecule has 17 heavy (non-hydrogen) atoms. The molecule has 0 aliphatic carbocycles. The maximum absolute atomic E-state index is 9.60. The molecule has 1 heterocycles. The highest BCUT2D eigenvalue weighted by Crippen LogP contribution is 2.29. The van der Waals surface area contributed by atoms with Gasteiger partial charge in [0.25, 0.3) is 0 Å². The monoisotopic (exact) mass is 233 g/mol. The summed E-state index contributed by atoms with van der Waals surface area (Å²) in [5, 5.41) is 9.60. The van der Waals surface area contributed by atoms with Crippen LogP contribution >= 0.6 is 0 Å². The minimum absolute atomic E-state index is 0.0925. The van der Waals surface area contributed by atoms with Gasteiger partial charge in [0.05, 0.1) is 6.10 Å². The van der Waals surface area contributed by atoms with E-state index in [1.807, 2.05) is 0 Å². The highest BCUT2D eigenvalue weighted by molar-refractivity contribution is 5.60. The zero-order valence-corrected chi connectivity index (χ0v) is 10.9. The molecule has 1 aliphatic heterocycles. The van der Waals surface area contributed by atoms with Crippen molar-refractivity contribution in [3.05, 3.63) is 29.3 Å². The number of nitrogens with zero attached hydrogens (tertiary/aromatic N) is 1. The summed E-state index contributed by atoms with van der Waals surface area (Å²) in [6, 6.07) is 6.64. The third kappa shape index (κ3) is 2.63. The van der Waals surface area contributed by atoms with E-state index >= 15 is 0 Å². The van der Waals surface area contributed by atoms with Crippen LogP contribution in [0.2, 0.25) is 0 Å². The van der Waals surface area contributed by atoms with E-state index in [-0.39, 0.29) is 6.10 Å². The molecule has 2 nitrogen and oxygen atoms in total. The van der Waals surface area contributed by atoms with Crippen LogP contribution < -0.4 is 4.90 Å². The predicted octanol–water partition coefficient (Wildman–Crippen LogP) is 2.77. The molecule has 0 atom stereocenters. The molecule has 0 unspecified atom stereocenters. The summed E-state index contributed by atoms with van der Waals surface area (Å²) in [5.74, 6) is 0. The summed E-state index contributed by atoms with van der Waals surface area (Å²) in [4.78, 5) is 2.46. The molecule has 1 aromatic rings. The van der Waals surface area contributed by atoms with Crippen LogP contribution in [0.25, 0.3) is 0 Å². The van der Waals surface area contributed by atoms with Crippen LogP contribution in [0.3, 0.4) is 0 Å². The van der Waals surface area contributed by atoms with Crippen molar-refractivity contribution in [1.82, 2.24) is 0 Å². The number of hydrogen-bond donors (Lipinski definition) is 1. The maximum Gasteiger partial charge on any atom is 0.0574 e. The third-order valence-corrected chi connectivity index (χ3v) is 3.75. The van der Waals surface area contributed by atoms with Gasteiger partial charge >= 0.3 is 0 Å². The molecule has 2 heteroatoms. The quantitative estimate of drug-likeness (QED) is 0.867. The summed E-state index contributed by atoms with van der Waals surface area (Å²) in [6.45, 7) is 6.42. The molecule has 1 saturated heterocycles. The van der Waals surface area contributed by atoms with Gasteiger partial charge in [-0.3, -0.25) is 0 Å². The number of anilines is 1. The molecule has 0 spiro atoms. The van der Waals surface area contributed by atoms with Crippen molar-refractivity contribution in [3.63, 3.8) is 0 Å². The number of hydrogen-bond acceptors (Lipinski definition) is 2. The van der Waals surface area contributed by atoms with Crippen molar-refractivity contribution in [1.29, 1.82) is 0 Å². The lowest BCUT2D eigenvalue weighted by molar-refractivity contribution is 0.145. The van der Waals surface area contributed by atoms with E-state index in [0.717, 1.165) is 38.8 Å². The number of para-hydroxylation sites is 1. The molecule has 1 aliphatic rings. The van der Waals surface area contributed by atoms with E-state index in [1.165, 1.54) is 16.8 Å². The number of aliphatic hydroxyl groups is 1. The van der Waals surface area contributed by atoms with Gasteiger partial charge in [0.1, 0.15) is 0 Å². The van der Waals surface area contributed by atoms with Gasteiger partial charge in [0.2, 0.25) is 0 Å². The van der Waals surface area contributed by atoms with E-state index in [9.17, 15) is 5.11 Å². The summed E-state index contributed by atoms with van der Waals surface area (Å²) in [7, 11) is 0. The fourth-order valence-electron chi connectivity index (χ4n) is 2.71. The minimum Gasteiger partial charge on any atom is -0.393 e. The van der Waals surface area contributed by atoms with Crippen molar-refractivity contribution >= 4 is 5.69 Å². The Morgan fingerprint density at radius 1 is 1.12 bits per heavy atom. The van der Waals surface area contributed by atoms with Crippen LogP contribution in [0.5, 0.6) is 0 Å². The molecule has 0 aromatic heterocycles. The first-order valence-corrected chi connectivity index (χ1v) is 6.80. The zero-order valence-electron chi connectivity index (χ0n) is 10.9. The Bertz CT molecular complexity index is 345. The lowest BCUT2D eigenvalue weighted by Gasteiger charge is -2.34. The van der Waals surface area contributed by atoms with Gasteiger partial charge in [-0.05, 0) is 36.8 Å². The summed E-state index contributed by atoms with van der Waals surface area (Å²) in [5.41, 5.74) is 4.32. The van der Waals surface area contributed by atoms with E-state index in [1.54, 1.807) is 0 Å². The van der Waals surface area contributed by atoms with Crippen LogP contribution in [0.1, 0.15) is 37.8 Å². The Balaban J connectivity index is 2.29. The molecule has 1 fully saturated rings. The van der Waals surface area contributed by atoms with Crippen molar-refractivity contribution < 1.29 is 5.11 Å². The standard InChI is InChI=1S/C15H23NO/c1-3-12-6-5-7-13(4-2)15(12)16-10-8-14(17)9-11-16/h5-7,14,17H,3-4,8-11H2,1-2H3. The average molecular weight is 233 g/mol. The van der Waals surface area contributed by atoms with Gasteiger partial charge in [-0.15, -0.1) is 0 Å². The van der Waals surface area contributed by atoms with Crippen molar-refractivity contribution in [2.45, 2.75) is 45.6 Å². The second-order valence-corrected chi connectivity index (χ2v) is 4.85. The van der Waals surface area contributed by atoms with E-state index in [0.29, 0.717) is 0 Å². The van der Waals surface area contributed by atoms with Gasteiger partial charge in [0.15, 0.2) is 0 Å². The smallest absolute Gasteiger partial charge is 0.0574 e. The minimum atomic E-state index is -0.0925. The van der Waals surface area contributed by atoms with Crippen molar-refractivity contribution in [3.8, 4) is 0 Å². The molecule has 1 N–H and O–H groups in total. The van der Waals surface area contributed by atoms with Crippen LogP contribution in [0.15, 0.2) is 18.2 Å². The van der Waals surface area contributed by atoms with Crippen molar-refractivity contribution in [2.75, 3.05) is 18.0 Å². The molecule has 0 amide bonds. The number of aliphatic hydroxyl groups excluding tert-OH is 1. The Labute approximate surface area is 104 Å². The van der Waals surface area contributed by atoms with Crippen molar-refractivity contribution in [2.24, 2.45) is 0 Å². The number of piperidine rings is 1. The third-order valence-electron chi connectivity index (χ3n) is 3.75. The number of benzene rings is 1. The Kier molecular flexibility index (Phi) is 4.06. The fraction of sp³-hybridized carbons (Fsp3) is 0.600. The first kappa shape index (κ1) is 12.4. The second-order valence-electron chi connectivity index (χ2n) is 4.85. The molecule has 0 radical (unpaired) electrons. The van der Waals surface area contributed by atoms with Gasteiger partial charge in [-0.1, -0.05) is 32.0 Å². The summed E-state index contributed by atoms with van der Waals surface area (Å²) in [6.07, 6.45) is 3.89. The lowest BCUT2D eigenvalue weighted by atomic mass is 9.99. The topological polar surface area (TPSA) is 23.5 Å². The van der Waals surface area contributed by atoms with Crippen LogP contribution in [-0.2, 0) is 12.8 Å². The summed E-state index contributed by atoms with van der Waals surface area (Å²) < 4.78 is 0. The van der Waals surface area contributed by atoms with E-state index in [4.69, 9.17) is 0 Å². The molecule has 1 aromatic carbocycles. The average Bonchev–Trinajstić information content (AvgIpc) is 2.38. The zero-order chi connectivity index (χ0) is 12.3. The largest absolute Gasteiger partial charge is 0.393 e. The molecule has 2 rings (SSSR count). The maximum atomic E-state index is 9.60. The van der Waals surface area contributed by atoms with E-state index in [2.05, 4.69) is 36.9 Å². The van der Waals surface area contributed by atoms with Gasteiger partial charge < -0.3 is 10.0 Å². The van der Waals surface area contributed by atoms with Crippen LogP contribution in [0, 0.1) is 0 Å². The van der Waals surface area contributed by atoms with Crippen LogP contribution in [-0.4, -0.2) is 24.3 Å². The molecular formula is C15H23NO. The normalized spacial score (nSPS) is 17.5. The SMILES string of the molecule is CCc1cccc(CC)c1N1CCC(O)CC1. The predicted molar refractivity (Wildman–Crippen MR) is 72.7 cm³/mol. The fourth-order valence-corrected chi connectivity index (χ4v) is 2.71. The highest BCUT2D eigenvalue weighted by atomic mass is 16.3. The molecule has 0 saturated carbocycles. The second kappa shape index (κ2) is 5.54. The molecule has 0 bridgehead atoms. The summed E-state index contributed by atoms with van der Waals surface area (Å²) >= 11 is 0. The molecule has 94 valence electrons. The lowest BCUT2D eigenvalue weighted by Crippen LogP contribution is -2.36. The first-order valence-electron chi connectivity index (χ1n) is 6.80. The van der Waals surface area contributed by atoms with Gasteiger partial charge in [0, 0.05) is 18.8 Å². The first-order chi connectivity index (χ1) is 8.26. The highest BCUT2D eigenvalue weighted by Gasteiger charge is 2.20. The van der Waals surface area contributed by atoms with Crippen LogP contribution in [0.4, 0.5) is 5.69 Å². The Morgan fingerprint density at radius 3 is 2.12 bits per heavy atom. The number of aryl methyl sites for hydroxylation is 2. The Hall–Kier alpha value is -1.02.